The molecule has 0 radical (unpaired) electrons. The average molecular weight is 491 g/mol. The second-order valence-corrected chi connectivity index (χ2v) is 8.61. The predicted molar refractivity (Wildman–Crippen MR) is 131 cm³/mol. The fraction of sp³-hybridized carbons (Fsp3) is 0.308. The number of halogens is 1. The number of nitrogens with zero attached hydrogens (tertiary/aromatic N) is 4. The molecule has 0 saturated carbocycles. The molecular formula is C26H27FN6O3. The van der Waals surface area contributed by atoms with Crippen LogP contribution in [-0.2, 0) is 11.2 Å². The number of nitrogens with one attached hydrogen (secondary N) is 1. The topological polar surface area (TPSA) is 126 Å². The largest absolute Gasteiger partial charge is 0.449 e. The van der Waals surface area contributed by atoms with Gasteiger partial charge in [-0.25, -0.2) is 9.18 Å². The van der Waals surface area contributed by atoms with Gasteiger partial charge in [-0.3, -0.25) is 9.48 Å². The summed E-state index contributed by atoms with van der Waals surface area (Å²) >= 11 is 0. The number of amides is 2. The molecule has 1 fully saturated rings. The van der Waals surface area contributed by atoms with E-state index in [9.17, 15) is 19.2 Å². The summed E-state index contributed by atoms with van der Waals surface area (Å²) in [6.45, 7) is 0.864. The molecule has 36 heavy (non-hydrogen) atoms. The lowest BCUT2D eigenvalue weighted by atomic mass is 9.94. The molecule has 1 aliphatic heterocycles. The molecule has 1 saturated heterocycles. The number of likely N-dealkylation sites (tertiary alicyclic amines) is 1. The minimum absolute atomic E-state index is 0.149. The first-order valence-electron chi connectivity index (χ1n) is 11.7. The van der Waals surface area contributed by atoms with E-state index >= 15 is 0 Å². The van der Waals surface area contributed by atoms with E-state index in [4.69, 9.17) is 10.5 Å². The number of hydrogen-bond donors (Lipinski definition) is 2. The van der Waals surface area contributed by atoms with Crippen molar-refractivity contribution in [1.82, 2.24) is 14.7 Å². The Morgan fingerprint density at radius 1 is 1.19 bits per heavy atom. The Bertz CT molecular complexity index is 1240. The van der Waals surface area contributed by atoms with Gasteiger partial charge in [0.2, 0.25) is 0 Å². The molecule has 2 heterocycles. The first-order valence-corrected chi connectivity index (χ1v) is 11.7. The Labute approximate surface area is 208 Å². The average Bonchev–Trinajstić information content (AvgIpc) is 3.32. The summed E-state index contributed by atoms with van der Waals surface area (Å²) < 4.78 is 20.2. The standard InChI is InChI=1S/C26H27FN6O3/c27-20-8-10-21(11-9-20)30-25-22(24(29)34)17-33(31-25)23-12-13-32(16-19(23)15-28)26(35)36-14-4-7-18-5-2-1-3-6-18/h1-3,5-6,8-11,17,19,23H,4,7,12-14,16H2,(H2,29,34)(H,30,31)/t19-,23-/m0/s1. The SMILES string of the molecule is N#C[C@H]1CN(C(=O)OCCCc2ccccc2)CC[C@@H]1n1cc(C(N)=O)c(Nc2ccc(F)cc2)n1. The molecule has 2 amide bonds. The molecule has 3 N–H and O–H groups in total. The molecule has 186 valence electrons. The number of carbonyl (C=O) groups is 2. The molecular weight excluding hydrogens is 463 g/mol. The van der Waals surface area contributed by atoms with Crippen molar-refractivity contribution in [2.24, 2.45) is 11.7 Å². The normalized spacial score (nSPS) is 17.3. The zero-order valence-corrected chi connectivity index (χ0v) is 19.6. The highest BCUT2D eigenvalue weighted by Crippen LogP contribution is 2.30. The maximum atomic E-state index is 13.2. The molecule has 0 unspecified atom stereocenters. The van der Waals surface area contributed by atoms with Crippen LogP contribution in [0.4, 0.5) is 20.7 Å². The van der Waals surface area contributed by atoms with Crippen LogP contribution in [0.3, 0.4) is 0 Å². The Kier molecular flexibility index (Phi) is 7.80. The van der Waals surface area contributed by atoms with Crippen molar-refractivity contribution in [1.29, 1.82) is 5.26 Å². The van der Waals surface area contributed by atoms with Gasteiger partial charge in [-0.15, -0.1) is 0 Å². The van der Waals surface area contributed by atoms with Crippen LogP contribution in [-0.4, -0.2) is 46.4 Å². The lowest BCUT2D eigenvalue weighted by Gasteiger charge is -2.34. The number of nitriles is 1. The highest BCUT2D eigenvalue weighted by molar-refractivity contribution is 5.98. The van der Waals surface area contributed by atoms with E-state index in [-0.39, 0.29) is 29.8 Å². The number of aromatic nitrogens is 2. The van der Waals surface area contributed by atoms with E-state index < -0.39 is 17.9 Å². The quantitative estimate of drug-likeness (QED) is 0.459. The van der Waals surface area contributed by atoms with E-state index in [1.807, 2.05) is 30.3 Å². The van der Waals surface area contributed by atoms with E-state index in [1.54, 1.807) is 4.68 Å². The molecule has 0 aliphatic carbocycles. The maximum absolute atomic E-state index is 13.2. The van der Waals surface area contributed by atoms with E-state index in [0.717, 1.165) is 6.42 Å². The summed E-state index contributed by atoms with van der Waals surface area (Å²) in [5.41, 5.74) is 7.40. The third-order valence-corrected chi connectivity index (χ3v) is 6.12. The van der Waals surface area contributed by atoms with Gasteiger partial charge in [0.05, 0.1) is 24.6 Å². The second kappa shape index (κ2) is 11.4. The number of nitrogens with two attached hydrogens (primary N) is 1. The molecule has 2 aromatic carbocycles. The van der Waals surface area contributed by atoms with Gasteiger partial charge in [-0.1, -0.05) is 30.3 Å². The van der Waals surface area contributed by atoms with Gasteiger partial charge in [0, 0.05) is 25.0 Å². The van der Waals surface area contributed by atoms with Gasteiger partial charge in [0.25, 0.3) is 5.91 Å². The number of hydrogen-bond acceptors (Lipinski definition) is 6. The molecule has 0 bridgehead atoms. The van der Waals surface area contributed by atoms with Gasteiger partial charge in [-0.05, 0) is 49.1 Å². The predicted octanol–water partition coefficient (Wildman–Crippen LogP) is 4.02. The molecule has 4 rings (SSSR count). The monoisotopic (exact) mass is 490 g/mol. The van der Waals surface area contributed by atoms with Gasteiger partial charge in [0.15, 0.2) is 5.82 Å². The number of piperidine rings is 1. The second-order valence-electron chi connectivity index (χ2n) is 8.61. The lowest BCUT2D eigenvalue weighted by molar-refractivity contribution is 0.0772. The van der Waals surface area contributed by atoms with E-state index in [2.05, 4.69) is 16.5 Å². The highest BCUT2D eigenvalue weighted by Gasteiger charge is 2.34. The number of rotatable bonds is 8. The van der Waals surface area contributed by atoms with Crippen molar-refractivity contribution in [3.8, 4) is 6.07 Å². The van der Waals surface area contributed by atoms with Gasteiger partial charge < -0.3 is 20.7 Å². The van der Waals surface area contributed by atoms with E-state index in [0.29, 0.717) is 31.7 Å². The van der Waals surface area contributed by atoms with Crippen LogP contribution in [0.15, 0.2) is 60.8 Å². The van der Waals surface area contributed by atoms with Crippen molar-refractivity contribution in [2.45, 2.75) is 25.3 Å². The summed E-state index contributed by atoms with van der Waals surface area (Å²) in [5, 5.41) is 17.2. The molecule has 10 heteroatoms. The zero-order valence-electron chi connectivity index (χ0n) is 19.6. The highest BCUT2D eigenvalue weighted by atomic mass is 19.1. The fourth-order valence-corrected chi connectivity index (χ4v) is 4.22. The van der Waals surface area contributed by atoms with Crippen molar-refractivity contribution in [3.05, 3.63) is 77.7 Å². The summed E-state index contributed by atoms with van der Waals surface area (Å²) in [5.74, 6) is -1.42. The fourth-order valence-electron chi connectivity index (χ4n) is 4.22. The summed E-state index contributed by atoms with van der Waals surface area (Å²) in [6, 6.07) is 17.5. The van der Waals surface area contributed by atoms with Gasteiger partial charge >= 0.3 is 6.09 Å². The third kappa shape index (κ3) is 5.99. The van der Waals surface area contributed by atoms with Crippen LogP contribution < -0.4 is 11.1 Å². The minimum Gasteiger partial charge on any atom is -0.449 e. The van der Waals surface area contributed by atoms with Crippen LogP contribution in [0.25, 0.3) is 0 Å². The van der Waals surface area contributed by atoms with Crippen LogP contribution in [0.5, 0.6) is 0 Å². The number of benzene rings is 2. The van der Waals surface area contributed by atoms with Crippen LogP contribution >= 0.6 is 0 Å². The number of anilines is 2. The molecule has 0 spiro atoms. The zero-order chi connectivity index (χ0) is 25.5. The molecule has 2 atom stereocenters. The van der Waals surface area contributed by atoms with Crippen LogP contribution in [0.1, 0.15) is 34.8 Å². The van der Waals surface area contributed by atoms with Crippen molar-refractivity contribution in [3.63, 3.8) is 0 Å². The van der Waals surface area contributed by atoms with Crippen molar-refractivity contribution in [2.75, 3.05) is 25.0 Å². The smallest absolute Gasteiger partial charge is 0.409 e. The first kappa shape index (κ1) is 24.7. The van der Waals surface area contributed by atoms with Crippen molar-refractivity contribution >= 4 is 23.5 Å². The summed E-state index contributed by atoms with van der Waals surface area (Å²) in [7, 11) is 0. The Morgan fingerprint density at radius 2 is 1.94 bits per heavy atom. The van der Waals surface area contributed by atoms with E-state index in [1.165, 1.54) is 40.9 Å². The summed E-state index contributed by atoms with van der Waals surface area (Å²) in [4.78, 5) is 26.1. The first-order chi connectivity index (χ1) is 17.4. The Hall–Kier alpha value is -4.39. The third-order valence-electron chi connectivity index (χ3n) is 6.12. The number of carbonyl (C=O) groups excluding carboxylic acids is 2. The maximum Gasteiger partial charge on any atom is 0.409 e. The van der Waals surface area contributed by atoms with Crippen LogP contribution in [0, 0.1) is 23.1 Å². The molecule has 1 aromatic heterocycles. The number of aryl methyl sites for hydroxylation is 1. The Morgan fingerprint density at radius 3 is 2.64 bits per heavy atom. The summed E-state index contributed by atoms with van der Waals surface area (Å²) in [6.07, 6.45) is 3.03. The van der Waals surface area contributed by atoms with Crippen molar-refractivity contribution < 1.29 is 18.7 Å². The molecule has 9 nitrogen and oxygen atoms in total. The lowest BCUT2D eigenvalue weighted by Crippen LogP contribution is -2.44. The molecule has 3 aromatic rings. The minimum atomic E-state index is -0.684. The molecule has 1 aliphatic rings. The number of ether oxygens (including phenoxy) is 1. The van der Waals surface area contributed by atoms with Crippen LogP contribution in [0.2, 0.25) is 0 Å². The van der Waals surface area contributed by atoms with Gasteiger partial charge in [0.1, 0.15) is 11.4 Å². The van der Waals surface area contributed by atoms with Gasteiger partial charge in [-0.2, -0.15) is 10.4 Å². The number of primary amides is 1. The Balaban J connectivity index is 1.37.